The molecule has 0 saturated heterocycles. The van der Waals surface area contributed by atoms with E-state index in [0.29, 0.717) is 11.4 Å². The fourth-order valence-electron chi connectivity index (χ4n) is 1.65. The molecule has 0 aliphatic heterocycles. The van der Waals surface area contributed by atoms with Crippen LogP contribution in [0.2, 0.25) is 0 Å². The van der Waals surface area contributed by atoms with Crippen molar-refractivity contribution in [2.24, 2.45) is 0 Å². The molecule has 0 unspecified atom stereocenters. The van der Waals surface area contributed by atoms with Crippen molar-refractivity contribution in [3.05, 3.63) is 51.7 Å². The van der Waals surface area contributed by atoms with Gasteiger partial charge in [-0.2, -0.15) is 5.26 Å². The van der Waals surface area contributed by atoms with Gasteiger partial charge in [0.1, 0.15) is 17.4 Å². The third-order valence-electron chi connectivity index (χ3n) is 2.69. The average Bonchev–Trinajstić information content (AvgIpc) is 2.47. The summed E-state index contributed by atoms with van der Waals surface area (Å²) >= 11 is 0. The van der Waals surface area contributed by atoms with Gasteiger partial charge in [-0.1, -0.05) is 0 Å². The Morgan fingerprint density at radius 2 is 2.10 bits per heavy atom. The zero-order valence-corrected chi connectivity index (χ0v) is 11.4. The maximum atomic E-state index is 11.0. The number of aryl methyl sites for hydroxylation is 1. The third-order valence-corrected chi connectivity index (χ3v) is 2.69. The number of ether oxygens (including phenoxy) is 2. The molecule has 0 N–H and O–H groups in total. The number of nitro benzene ring substituents is 1. The molecule has 1 heterocycles. The highest BCUT2D eigenvalue weighted by atomic mass is 16.6. The molecule has 0 aliphatic rings. The van der Waals surface area contributed by atoms with Crippen LogP contribution in [0, 0.1) is 28.4 Å². The van der Waals surface area contributed by atoms with Crippen molar-refractivity contribution in [2.75, 3.05) is 7.11 Å². The second kappa shape index (κ2) is 5.88. The molecule has 2 rings (SSSR count). The second-order valence-corrected chi connectivity index (χ2v) is 4.11. The van der Waals surface area contributed by atoms with E-state index in [1.807, 2.05) is 6.07 Å². The monoisotopic (exact) mass is 285 g/mol. The van der Waals surface area contributed by atoms with Gasteiger partial charge in [0.2, 0.25) is 11.6 Å². The van der Waals surface area contributed by atoms with E-state index >= 15 is 0 Å². The van der Waals surface area contributed by atoms with Crippen molar-refractivity contribution in [2.45, 2.75) is 6.92 Å². The molecule has 0 bridgehead atoms. The van der Waals surface area contributed by atoms with Crippen molar-refractivity contribution in [3.63, 3.8) is 0 Å². The van der Waals surface area contributed by atoms with E-state index in [4.69, 9.17) is 14.7 Å². The topological polar surface area (TPSA) is 98.3 Å². The van der Waals surface area contributed by atoms with Crippen LogP contribution in [-0.2, 0) is 0 Å². The fraction of sp³-hybridized carbons (Fsp3) is 0.143. The summed E-state index contributed by atoms with van der Waals surface area (Å²) in [6, 6.07) is 9.25. The van der Waals surface area contributed by atoms with Crippen LogP contribution in [0.4, 0.5) is 5.69 Å². The first-order valence-corrected chi connectivity index (χ1v) is 5.93. The molecule has 1 aromatic heterocycles. The Bertz CT molecular complexity index is 737. The molecule has 21 heavy (non-hydrogen) atoms. The van der Waals surface area contributed by atoms with Crippen molar-refractivity contribution in [3.8, 4) is 23.4 Å². The summed E-state index contributed by atoms with van der Waals surface area (Å²) in [7, 11) is 1.44. The Morgan fingerprint density at radius 3 is 2.71 bits per heavy atom. The number of benzene rings is 1. The Labute approximate surface area is 120 Å². The number of rotatable bonds is 4. The minimum atomic E-state index is -0.573. The lowest BCUT2D eigenvalue weighted by atomic mass is 10.2. The molecule has 1 aromatic carbocycles. The average molecular weight is 285 g/mol. The van der Waals surface area contributed by atoms with E-state index < -0.39 is 4.92 Å². The summed E-state index contributed by atoms with van der Waals surface area (Å²) < 4.78 is 10.5. The molecular formula is C14H11N3O4. The zero-order valence-electron chi connectivity index (χ0n) is 11.4. The maximum absolute atomic E-state index is 11.0. The van der Waals surface area contributed by atoms with Gasteiger partial charge in [-0.25, -0.2) is 4.98 Å². The molecule has 0 saturated carbocycles. The van der Waals surface area contributed by atoms with Gasteiger partial charge in [0.25, 0.3) is 0 Å². The minimum absolute atomic E-state index is 0.0221. The summed E-state index contributed by atoms with van der Waals surface area (Å²) in [5.41, 5.74) is 0.593. The smallest absolute Gasteiger partial charge is 0.311 e. The Kier molecular flexibility index (Phi) is 4.00. The summed E-state index contributed by atoms with van der Waals surface area (Å²) in [5.74, 6) is 0.393. The molecule has 106 valence electrons. The van der Waals surface area contributed by atoms with Crippen LogP contribution in [0.25, 0.3) is 0 Å². The minimum Gasteiger partial charge on any atom is -0.497 e. The van der Waals surface area contributed by atoms with Crippen LogP contribution >= 0.6 is 0 Å². The van der Waals surface area contributed by atoms with Gasteiger partial charge < -0.3 is 9.47 Å². The number of hydrogen-bond acceptors (Lipinski definition) is 6. The highest BCUT2D eigenvalue weighted by molar-refractivity contribution is 5.53. The number of nitriles is 1. The molecule has 0 spiro atoms. The third kappa shape index (κ3) is 3.06. The maximum Gasteiger partial charge on any atom is 0.311 e. The van der Waals surface area contributed by atoms with E-state index in [1.54, 1.807) is 19.1 Å². The van der Waals surface area contributed by atoms with Gasteiger partial charge in [0.05, 0.1) is 12.0 Å². The van der Waals surface area contributed by atoms with Gasteiger partial charge in [-0.05, 0) is 25.1 Å². The summed E-state index contributed by atoms with van der Waals surface area (Å²) in [4.78, 5) is 14.5. The Hall–Kier alpha value is -3.14. The van der Waals surface area contributed by atoms with Gasteiger partial charge in [-0.15, -0.1) is 0 Å². The lowest BCUT2D eigenvalue weighted by Crippen LogP contribution is -1.98. The summed E-state index contributed by atoms with van der Waals surface area (Å²) in [5, 5.41) is 20.1. The number of aromatic nitrogens is 1. The van der Waals surface area contributed by atoms with Crippen molar-refractivity contribution < 1.29 is 14.4 Å². The predicted octanol–water partition coefficient (Wildman–Crippen LogP) is 2.97. The van der Waals surface area contributed by atoms with E-state index in [1.165, 1.54) is 25.3 Å². The molecular weight excluding hydrogens is 274 g/mol. The van der Waals surface area contributed by atoms with Crippen LogP contribution in [0.3, 0.4) is 0 Å². The lowest BCUT2D eigenvalue weighted by Gasteiger charge is -2.09. The van der Waals surface area contributed by atoms with Gasteiger partial charge in [0, 0.05) is 17.8 Å². The number of pyridine rings is 1. The van der Waals surface area contributed by atoms with E-state index in [2.05, 4.69) is 4.98 Å². The Balaban J connectivity index is 2.50. The van der Waals surface area contributed by atoms with Crippen LogP contribution < -0.4 is 9.47 Å². The van der Waals surface area contributed by atoms with Crippen molar-refractivity contribution >= 4 is 5.69 Å². The molecule has 7 nitrogen and oxygen atoms in total. The van der Waals surface area contributed by atoms with Gasteiger partial charge in [-0.3, -0.25) is 10.1 Å². The first-order chi connectivity index (χ1) is 10.0. The van der Waals surface area contributed by atoms with Crippen LogP contribution in [0.1, 0.15) is 11.3 Å². The zero-order chi connectivity index (χ0) is 15.4. The van der Waals surface area contributed by atoms with E-state index in [9.17, 15) is 10.1 Å². The largest absolute Gasteiger partial charge is 0.497 e. The van der Waals surface area contributed by atoms with Crippen LogP contribution in [-0.4, -0.2) is 17.0 Å². The normalized spacial score (nSPS) is 9.76. The first kappa shape index (κ1) is 14.3. The molecule has 2 aromatic rings. The fourth-order valence-corrected chi connectivity index (χ4v) is 1.65. The summed E-state index contributed by atoms with van der Waals surface area (Å²) in [6.07, 6.45) is 0. The number of nitrogens with zero attached hydrogens (tertiary/aromatic N) is 3. The van der Waals surface area contributed by atoms with Gasteiger partial charge in [0.15, 0.2) is 0 Å². The van der Waals surface area contributed by atoms with E-state index in [-0.39, 0.29) is 22.9 Å². The van der Waals surface area contributed by atoms with Gasteiger partial charge >= 0.3 is 5.69 Å². The Morgan fingerprint density at radius 1 is 1.33 bits per heavy atom. The van der Waals surface area contributed by atoms with Crippen molar-refractivity contribution in [1.29, 1.82) is 5.26 Å². The molecule has 0 aliphatic carbocycles. The molecule has 0 radical (unpaired) electrons. The van der Waals surface area contributed by atoms with Crippen molar-refractivity contribution in [1.82, 2.24) is 4.98 Å². The lowest BCUT2D eigenvalue weighted by molar-refractivity contribution is -0.385. The SMILES string of the molecule is COc1ccc([N+](=O)[O-])c(Oc2nc(C)ccc2C#N)c1. The second-order valence-electron chi connectivity index (χ2n) is 4.11. The number of nitro groups is 1. The first-order valence-electron chi connectivity index (χ1n) is 5.93. The molecule has 0 atom stereocenters. The highest BCUT2D eigenvalue weighted by Gasteiger charge is 2.19. The standard InChI is InChI=1S/C14H11N3O4/c1-9-3-4-10(8-15)14(16-9)21-13-7-11(20-2)5-6-12(13)17(18)19/h3-7H,1-2H3. The molecule has 7 heteroatoms. The van der Waals surface area contributed by atoms with E-state index in [0.717, 1.165) is 0 Å². The molecule has 0 fully saturated rings. The number of hydrogen-bond donors (Lipinski definition) is 0. The summed E-state index contributed by atoms with van der Waals surface area (Å²) in [6.45, 7) is 1.73. The predicted molar refractivity (Wildman–Crippen MR) is 73.4 cm³/mol. The quantitative estimate of drug-likeness (QED) is 0.632. The van der Waals surface area contributed by atoms with Crippen LogP contribution in [0.15, 0.2) is 30.3 Å². The number of methoxy groups -OCH3 is 1. The highest BCUT2D eigenvalue weighted by Crippen LogP contribution is 2.35. The van der Waals surface area contributed by atoms with Crippen LogP contribution in [0.5, 0.6) is 17.4 Å². The molecule has 0 amide bonds.